The number of anilines is 1. The highest BCUT2D eigenvalue weighted by Crippen LogP contribution is 2.34. The minimum atomic E-state index is -1.22. The molecular weight excluding hydrogens is 368 g/mol. The first-order valence-corrected chi connectivity index (χ1v) is 10.1. The van der Waals surface area contributed by atoms with E-state index < -0.39 is 17.4 Å². The predicted octanol–water partition coefficient (Wildman–Crippen LogP) is 1.82. The van der Waals surface area contributed by atoms with Gasteiger partial charge in [0.2, 0.25) is 11.8 Å². The van der Waals surface area contributed by atoms with Gasteiger partial charge in [0.25, 0.3) is 0 Å². The molecular formula is C19H24N2O5S. The van der Waals surface area contributed by atoms with E-state index in [1.807, 2.05) is 19.1 Å². The van der Waals surface area contributed by atoms with Crippen LogP contribution in [0.5, 0.6) is 5.75 Å². The lowest BCUT2D eigenvalue weighted by Crippen LogP contribution is -2.58. The summed E-state index contributed by atoms with van der Waals surface area (Å²) in [5, 5.41) is 12.4. The molecule has 1 aromatic carbocycles. The second-order valence-electron chi connectivity index (χ2n) is 7.07. The average molecular weight is 392 g/mol. The molecule has 1 aromatic rings. The molecule has 2 N–H and O–H groups in total. The number of aliphatic carboxylic acids is 1. The van der Waals surface area contributed by atoms with Gasteiger partial charge in [-0.05, 0) is 49.0 Å². The van der Waals surface area contributed by atoms with Crippen molar-refractivity contribution in [2.45, 2.75) is 31.7 Å². The van der Waals surface area contributed by atoms with Gasteiger partial charge in [-0.2, -0.15) is 11.8 Å². The minimum Gasteiger partial charge on any atom is -0.495 e. The van der Waals surface area contributed by atoms with Crippen molar-refractivity contribution in [1.29, 1.82) is 0 Å². The first-order chi connectivity index (χ1) is 12.9. The molecule has 2 aliphatic heterocycles. The van der Waals surface area contributed by atoms with Gasteiger partial charge in [0.15, 0.2) is 0 Å². The molecule has 0 saturated carbocycles. The van der Waals surface area contributed by atoms with Crippen LogP contribution < -0.4 is 15.0 Å². The van der Waals surface area contributed by atoms with Crippen molar-refractivity contribution in [2.24, 2.45) is 5.92 Å². The molecule has 3 rings (SSSR count). The van der Waals surface area contributed by atoms with Crippen LogP contribution in [-0.2, 0) is 14.4 Å². The molecule has 0 aliphatic carbocycles. The number of ether oxygens (including phenoxy) is 1. The van der Waals surface area contributed by atoms with E-state index >= 15 is 0 Å². The Labute approximate surface area is 162 Å². The van der Waals surface area contributed by atoms with Gasteiger partial charge in [-0.1, -0.05) is 6.07 Å². The number of carboxylic acid groups (broad SMARTS) is 1. The number of hydrogen-bond acceptors (Lipinski definition) is 5. The highest BCUT2D eigenvalue weighted by Gasteiger charge is 2.44. The summed E-state index contributed by atoms with van der Waals surface area (Å²) in [6.45, 7) is 2.14. The predicted molar refractivity (Wildman–Crippen MR) is 103 cm³/mol. The van der Waals surface area contributed by atoms with Crippen LogP contribution in [0.4, 0.5) is 5.69 Å². The summed E-state index contributed by atoms with van der Waals surface area (Å²) in [5.41, 5.74) is 0.399. The molecule has 27 heavy (non-hydrogen) atoms. The van der Waals surface area contributed by atoms with Crippen LogP contribution in [0.1, 0.15) is 24.8 Å². The summed E-state index contributed by atoms with van der Waals surface area (Å²) in [6.07, 6.45) is 0.858. The highest BCUT2D eigenvalue weighted by molar-refractivity contribution is 7.99. The van der Waals surface area contributed by atoms with Crippen molar-refractivity contribution in [2.75, 3.05) is 30.1 Å². The average Bonchev–Trinajstić information content (AvgIpc) is 3.04. The molecule has 7 nitrogen and oxygen atoms in total. The molecule has 2 amide bonds. The molecule has 0 bridgehead atoms. The monoisotopic (exact) mass is 392 g/mol. The zero-order valence-corrected chi connectivity index (χ0v) is 16.3. The standard InChI is InChI=1S/C19H24N2O5S/c1-12-3-4-15(26-2)14(9-12)21-11-13(10-16(21)22)17(23)20-19(18(24)25)5-7-27-8-6-19/h3-4,9,13H,5-8,10-11H2,1-2H3,(H,20,23)(H,24,25). The molecule has 2 fully saturated rings. The molecule has 0 aromatic heterocycles. The Balaban J connectivity index is 1.76. The Kier molecular flexibility index (Phi) is 5.64. The van der Waals surface area contributed by atoms with Crippen molar-refractivity contribution >= 4 is 35.2 Å². The second kappa shape index (κ2) is 7.80. The molecule has 1 unspecified atom stereocenters. The number of carbonyl (C=O) groups excluding carboxylic acids is 2. The third-order valence-corrected chi connectivity index (χ3v) is 6.22. The first kappa shape index (κ1) is 19.5. The van der Waals surface area contributed by atoms with E-state index in [9.17, 15) is 19.5 Å². The molecule has 2 saturated heterocycles. The number of thioether (sulfide) groups is 1. The van der Waals surface area contributed by atoms with E-state index in [0.29, 0.717) is 35.8 Å². The third-order valence-electron chi connectivity index (χ3n) is 5.24. The van der Waals surface area contributed by atoms with Crippen LogP contribution >= 0.6 is 11.8 Å². The number of amides is 2. The van der Waals surface area contributed by atoms with Crippen LogP contribution in [-0.4, -0.2) is 53.6 Å². The first-order valence-electron chi connectivity index (χ1n) is 8.94. The summed E-state index contributed by atoms with van der Waals surface area (Å²) in [5.74, 6) is -0.145. The number of nitrogens with zero attached hydrogens (tertiary/aromatic N) is 1. The maximum absolute atomic E-state index is 12.8. The highest BCUT2D eigenvalue weighted by atomic mass is 32.2. The Morgan fingerprint density at radius 2 is 2.04 bits per heavy atom. The third kappa shape index (κ3) is 3.90. The number of carbonyl (C=O) groups is 3. The number of carboxylic acids is 1. The van der Waals surface area contributed by atoms with E-state index in [2.05, 4.69) is 5.32 Å². The van der Waals surface area contributed by atoms with Gasteiger partial charge in [0.05, 0.1) is 18.7 Å². The molecule has 146 valence electrons. The van der Waals surface area contributed by atoms with E-state index in [1.54, 1.807) is 22.7 Å². The van der Waals surface area contributed by atoms with Crippen molar-refractivity contribution < 1.29 is 24.2 Å². The van der Waals surface area contributed by atoms with Gasteiger partial charge in [-0.25, -0.2) is 4.79 Å². The minimum absolute atomic E-state index is 0.0629. The Bertz CT molecular complexity index is 760. The number of hydrogen-bond donors (Lipinski definition) is 2. The van der Waals surface area contributed by atoms with E-state index in [1.165, 1.54) is 7.11 Å². The van der Waals surface area contributed by atoms with Gasteiger partial charge in [0, 0.05) is 13.0 Å². The fourth-order valence-electron chi connectivity index (χ4n) is 3.58. The number of rotatable bonds is 5. The van der Waals surface area contributed by atoms with E-state index in [4.69, 9.17) is 4.74 Å². The van der Waals surface area contributed by atoms with Gasteiger partial charge in [-0.3, -0.25) is 9.59 Å². The topological polar surface area (TPSA) is 95.9 Å². The lowest BCUT2D eigenvalue weighted by Gasteiger charge is -2.34. The SMILES string of the molecule is COc1ccc(C)cc1N1CC(C(=O)NC2(C(=O)O)CCSCC2)CC1=O. The molecule has 0 radical (unpaired) electrons. The van der Waals surface area contributed by atoms with Crippen LogP contribution in [0.2, 0.25) is 0 Å². The van der Waals surface area contributed by atoms with Gasteiger partial charge < -0.3 is 20.1 Å². The Hall–Kier alpha value is -2.22. The number of nitrogens with one attached hydrogen (secondary N) is 1. The van der Waals surface area contributed by atoms with E-state index in [0.717, 1.165) is 5.56 Å². The number of benzene rings is 1. The molecule has 2 heterocycles. The Morgan fingerprint density at radius 1 is 1.33 bits per heavy atom. The van der Waals surface area contributed by atoms with Crippen molar-refractivity contribution in [3.63, 3.8) is 0 Å². The quantitative estimate of drug-likeness (QED) is 0.794. The van der Waals surface area contributed by atoms with Crippen LogP contribution in [0.25, 0.3) is 0 Å². The van der Waals surface area contributed by atoms with Gasteiger partial charge >= 0.3 is 5.97 Å². The van der Waals surface area contributed by atoms with Crippen molar-refractivity contribution in [1.82, 2.24) is 5.32 Å². The normalized spacial score (nSPS) is 21.8. The maximum atomic E-state index is 12.8. The summed E-state index contributed by atoms with van der Waals surface area (Å²) >= 11 is 1.69. The van der Waals surface area contributed by atoms with Crippen LogP contribution in [0, 0.1) is 12.8 Å². The lowest BCUT2D eigenvalue weighted by atomic mass is 9.91. The van der Waals surface area contributed by atoms with Gasteiger partial charge in [0.1, 0.15) is 11.3 Å². The molecule has 1 atom stereocenters. The lowest BCUT2D eigenvalue weighted by molar-refractivity contribution is -0.148. The zero-order valence-electron chi connectivity index (χ0n) is 15.5. The fourth-order valence-corrected chi connectivity index (χ4v) is 4.77. The molecule has 2 aliphatic rings. The van der Waals surface area contributed by atoms with Gasteiger partial charge in [-0.15, -0.1) is 0 Å². The largest absolute Gasteiger partial charge is 0.495 e. The van der Waals surface area contributed by atoms with Crippen molar-refractivity contribution in [3.8, 4) is 5.75 Å². The number of methoxy groups -OCH3 is 1. The summed E-state index contributed by atoms with van der Waals surface area (Å²) in [7, 11) is 1.54. The summed E-state index contributed by atoms with van der Waals surface area (Å²) in [4.78, 5) is 38.7. The van der Waals surface area contributed by atoms with Crippen LogP contribution in [0.15, 0.2) is 18.2 Å². The van der Waals surface area contributed by atoms with Crippen molar-refractivity contribution in [3.05, 3.63) is 23.8 Å². The second-order valence-corrected chi connectivity index (χ2v) is 8.29. The van der Waals surface area contributed by atoms with E-state index in [-0.39, 0.29) is 24.8 Å². The smallest absolute Gasteiger partial charge is 0.329 e. The maximum Gasteiger partial charge on any atom is 0.329 e. The Morgan fingerprint density at radius 3 is 2.67 bits per heavy atom. The summed E-state index contributed by atoms with van der Waals surface area (Å²) < 4.78 is 5.35. The molecule has 8 heteroatoms. The number of aryl methyl sites for hydroxylation is 1. The fraction of sp³-hybridized carbons (Fsp3) is 0.526. The zero-order chi connectivity index (χ0) is 19.6. The van der Waals surface area contributed by atoms with Crippen LogP contribution in [0.3, 0.4) is 0 Å². The summed E-state index contributed by atoms with van der Waals surface area (Å²) in [6, 6.07) is 5.54. The molecule has 0 spiro atoms.